The molecule has 5 nitrogen and oxygen atoms in total. The van der Waals surface area contributed by atoms with Gasteiger partial charge in [0.2, 0.25) is 0 Å². The molecule has 2 rings (SSSR count). The Balaban J connectivity index is 2.45. The zero-order valence-electron chi connectivity index (χ0n) is 11.6. The molecule has 108 valence electrons. The largest absolute Gasteiger partial charge is 0.498 e. The molecule has 0 bridgehead atoms. The van der Waals surface area contributed by atoms with Gasteiger partial charge < -0.3 is 9.31 Å². The van der Waals surface area contributed by atoms with Crippen LogP contribution in [-0.2, 0) is 9.31 Å². The van der Waals surface area contributed by atoms with E-state index in [-0.39, 0.29) is 16.2 Å². The summed E-state index contributed by atoms with van der Waals surface area (Å²) in [5.74, 6) is -0.695. The van der Waals surface area contributed by atoms with Gasteiger partial charge in [0.1, 0.15) is 10.8 Å². The molecule has 0 atom stereocenters. The van der Waals surface area contributed by atoms with Crippen LogP contribution in [0.2, 0.25) is 5.02 Å². The SMILES string of the molecule is CC1(C)OB(c2cc([N+](=O)[O-])c(Cl)cc2F)OC1(C)C. The fourth-order valence-electron chi connectivity index (χ4n) is 1.84. The van der Waals surface area contributed by atoms with Gasteiger partial charge in [0.15, 0.2) is 0 Å². The molecule has 1 aliphatic rings. The van der Waals surface area contributed by atoms with Gasteiger partial charge in [-0.15, -0.1) is 0 Å². The molecular weight excluding hydrogens is 287 g/mol. The van der Waals surface area contributed by atoms with Gasteiger partial charge in [-0.05, 0) is 33.8 Å². The molecule has 1 aromatic carbocycles. The first-order valence-corrected chi connectivity index (χ1v) is 6.42. The van der Waals surface area contributed by atoms with Crippen molar-refractivity contribution in [2.75, 3.05) is 0 Å². The summed E-state index contributed by atoms with van der Waals surface area (Å²) in [4.78, 5) is 10.2. The highest BCUT2D eigenvalue weighted by atomic mass is 35.5. The van der Waals surface area contributed by atoms with Crippen molar-refractivity contribution < 1.29 is 18.6 Å². The highest BCUT2D eigenvalue weighted by molar-refractivity contribution is 6.62. The topological polar surface area (TPSA) is 61.6 Å². The number of hydrogen-bond acceptors (Lipinski definition) is 4. The summed E-state index contributed by atoms with van der Waals surface area (Å²) in [5, 5.41) is 10.6. The van der Waals surface area contributed by atoms with Crippen LogP contribution in [0.25, 0.3) is 0 Å². The van der Waals surface area contributed by atoms with Crippen molar-refractivity contribution in [3.63, 3.8) is 0 Å². The van der Waals surface area contributed by atoms with Crippen LogP contribution in [0.15, 0.2) is 12.1 Å². The highest BCUT2D eigenvalue weighted by Gasteiger charge is 2.52. The molecule has 20 heavy (non-hydrogen) atoms. The van der Waals surface area contributed by atoms with Crippen molar-refractivity contribution >= 4 is 29.9 Å². The lowest BCUT2D eigenvalue weighted by Crippen LogP contribution is -2.41. The van der Waals surface area contributed by atoms with Gasteiger partial charge in [-0.3, -0.25) is 10.1 Å². The molecule has 0 saturated carbocycles. The van der Waals surface area contributed by atoms with Crippen molar-refractivity contribution in [2.24, 2.45) is 0 Å². The number of halogens is 2. The van der Waals surface area contributed by atoms with Crippen molar-refractivity contribution in [3.05, 3.63) is 33.1 Å². The Morgan fingerprint density at radius 1 is 1.25 bits per heavy atom. The average Bonchev–Trinajstić information content (AvgIpc) is 2.47. The molecule has 0 unspecified atom stereocenters. The summed E-state index contributed by atoms with van der Waals surface area (Å²) in [6, 6.07) is 1.96. The lowest BCUT2D eigenvalue weighted by Gasteiger charge is -2.32. The molecule has 0 spiro atoms. The van der Waals surface area contributed by atoms with Crippen LogP contribution in [0.3, 0.4) is 0 Å². The fraction of sp³-hybridized carbons (Fsp3) is 0.500. The molecule has 1 heterocycles. The van der Waals surface area contributed by atoms with E-state index in [1.54, 1.807) is 0 Å². The third kappa shape index (κ3) is 2.41. The Labute approximate surface area is 121 Å². The second-order valence-electron chi connectivity index (χ2n) is 5.67. The van der Waals surface area contributed by atoms with E-state index >= 15 is 0 Å². The fourth-order valence-corrected chi connectivity index (χ4v) is 2.06. The molecule has 1 aliphatic heterocycles. The van der Waals surface area contributed by atoms with E-state index in [1.807, 2.05) is 27.7 Å². The molecule has 1 aromatic rings. The van der Waals surface area contributed by atoms with Crippen molar-refractivity contribution in [2.45, 2.75) is 38.9 Å². The van der Waals surface area contributed by atoms with Gasteiger partial charge in [0.05, 0.1) is 16.1 Å². The number of nitrogens with zero attached hydrogens (tertiary/aromatic N) is 1. The summed E-state index contributed by atoms with van der Waals surface area (Å²) < 4.78 is 25.3. The number of hydrogen-bond donors (Lipinski definition) is 0. The second-order valence-corrected chi connectivity index (χ2v) is 6.08. The van der Waals surface area contributed by atoms with E-state index in [4.69, 9.17) is 20.9 Å². The quantitative estimate of drug-likeness (QED) is 0.479. The number of rotatable bonds is 2. The zero-order chi connectivity index (χ0) is 15.3. The monoisotopic (exact) mass is 301 g/mol. The lowest BCUT2D eigenvalue weighted by atomic mass is 9.78. The Kier molecular flexibility index (Phi) is 3.56. The molecule has 0 aliphatic carbocycles. The first kappa shape index (κ1) is 15.2. The van der Waals surface area contributed by atoms with Crippen LogP contribution in [0.5, 0.6) is 0 Å². The molecule has 1 saturated heterocycles. The van der Waals surface area contributed by atoms with E-state index in [2.05, 4.69) is 0 Å². The summed E-state index contributed by atoms with van der Waals surface area (Å²) >= 11 is 5.65. The standard InChI is InChI=1S/C12H14BClFNO4/c1-11(2)12(3,4)20-13(19-11)7-5-10(16(17)18)8(14)6-9(7)15/h5-6H,1-4H3. The minimum Gasteiger partial charge on any atom is -0.399 e. The van der Waals surface area contributed by atoms with E-state index in [1.165, 1.54) is 0 Å². The summed E-state index contributed by atoms with van der Waals surface area (Å²) in [7, 11) is -1.00. The van der Waals surface area contributed by atoms with Crippen molar-refractivity contribution in [1.82, 2.24) is 0 Å². The normalized spacial score (nSPS) is 20.2. The minimum absolute atomic E-state index is 0.0280. The maximum absolute atomic E-state index is 14.0. The maximum Gasteiger partial charge on any atom is 0.498 e. The third-order valence-corrected chi connectivity index (χ3v) is 4.07. The van der Waals surface area contributed by atoms with E-state index in [0.717, 1.165) is 12.1 Å². The first-order valence-electron chi connectivity index (χ1n) is 6.04. The van der Waals surface area contributed by atoms with Gasteiger partial charge >= 0.3 is 7.12 Å². The molecule has 0 aromatic heterocycles. The second kappa shape index (κ2) is 4.68. The van der Waals surface area contributed by atoms with Gasteiger partial charge in [-0.1, -0.05) is 11.6 Å². The van der Waals surface area contributed by atoms with E-state index < -0.39 is 29.1 Å². The minimum atomic E-state index is -1.00. The predicted octanol–water partition coefficient (Wildman–Crippen LogP) is 2.69. The number of nitro benzene ring substituents is 1. The van der Waals surface area contributed by atoms with Crippen LogP contribution >= 0.6 is 11.6 Å². The van der Waals surface area contributed by atoms with Gasteiger partial charge in [0, 0.05) is 11.5 Å². The van der Waals surface area contributed by atoms with E-state index in [9.17, 15) is 14.5 Å². The smallest absolute Gasteiger partial charge is 0.399 e. The Hall–Kier alpha value is -1.18. The summed E-state index contributed by atoms with van der Waals surface area (Å²) in [5.41, 5.74) is -1.71. The molecule has 0 amide bonds. The molecule has 1 fully saturated rings. The highest BCUT2D eigenvalue weighted by Crippen LogP contribution is 2.37. The van der Waals surface area contributed by atoms with Crippen LogP contribution in [-0.4, -0.2) is 23.2 Å². The predicted molar refractivity (Wildman–Crippen MR) is 73.8 cm³/mol. The van der Waals surface area contributed by atoms with Crippen LogP contribution in [0, 0.1) is 15.9 Å². The summed E-state index contributed by atoms with van der Waals surface area (Å²) in [6.07, 6.45) is 0. The Morgan fingerprint density at radius 2 is 1.75 bits per heavy atom. The first-order chi connectivity index (χ1) is 9.05. The van der Waals surface area contributed by atoms with Gasteiger partial charge in [-0.2, -0.15) is 0 Å². The molecule has 0 radical (unpaired) electrons. The zero-order valence-corrected chi connectivity index (χ0v) is 12.3. The number of nitro groups is 1. The van der Waals surface area contributed by atoms with Gasteiger partial charge in [0.25, 0.3) is 5.69 Å². The number of benzene rings is 1. The molecule has 0 N–H and O–H groups in total. The Bertz CT molecular complexity index is 563. The Morgan fingerprint density at radius 3 is 2.20 bits per heavy atom. The van der Waals surface area contributed by atoms with Crippen molar-refractivity contribution in [1.29, 1.82) is 0 Å². The van der Waals surface area contributed by atoms with Crippen LogP contribution < -0.4 is 5.46 Å². The van der Waals surface area contributed by atoms with Gasteiger partial charge in [-0.25, -0.2) is 4.39 Å². The molecular formula is C12H14BClFNO4. The maximum atomic E-state index is 14.0. The lowest BCUT2D eigenvalue weighted by molar-refractivity contribution is -0.384. The van der Waals surface area contributed by atoms with E-state index in [0.29, 0.717) is 0 Å². The van der Waals surface area contributed by atoms with Crippen LogP contribution in [0.1, 0.15) is 27.7 Å². The average molecular weight is 302 g/mol. The molecule has 8 heteroatoms. The van der Waals surface area contributed by atoms with Crippen LogP contribution in [0.4, 0.5) is 10.1 Å². The van der Waals surface area contributed by atoms with Crippen molar-refractivity contribution in [3.8, 4) is 0 Å². The third-order valence-electron chi connectivity index (χ3n) is 3.77. The summed E-state index contributed by atoms with van der Waals surface area (Å²) in [6.45, 7) is 7.26.